The fourth-order valence-electron chi connectivity index (χ4n) is 2.78. The minimum absolute atomic E-state index is 0.117. The van der Waals surface area contributed by atoms with E-state index in [2.05, 4.69) is 5.10 Å². The van der Waals surface area contributed by atoms with Gasteiger partial charge < -0.3 is 14.2 Å². The van der Waals surface area contributed by atoms with Gasteiger partial charge in [-0.05, 0) is 19.1 Å². The summed E-state index contributed by atoms with van der Waals surface area (Å²) in [5.41, 5.74) is 0.645. The first-order chi connectivity index (χ1) is 11.7. The first kappa shape index (κ1) is 16.4. The zero-order valence-electron chi connectivity index (χ0n) is 13.6. The van der Waals surface area contributed by atoms with Crippen molar-refractivity contribution in [2.75, 3.05) is 26.9 Å². The summed E-state index contributed by atoms with van der Waals surface area (Å²) in [4.78, 5) is 12.4. The molecule has 1 unspecified atom stereocenters. The maximum atomic E-state index is 14.2. The molecule has 6 nitrogen and oxygen atoms in total. The van der Waals surface area contributed by atoms with Gasteiger partial charge in [0.1, 0.15) is 17.1 Å². The van der Waals surface area contributed by atoms with E-state index in [0.29, 0.717) is 25.6 Å². The van der Waals surface area contributed by atoms with E-state index < -0.39 is 11.8 Å². The third kappa shape index (κ3) is 2.99. The van der Waals surface area contributed by atoms with Crippen molar-refractivity contribution in [2.24, 2.45) is 5.92 Å². The molecule has 0 spiro atoms. The summed E-state index contributed by atoms with van der Waals surface area (Å²) < 4.78 is 31.8. The Morgan fingerprint density at radius 3 is 2.96 bits per heavy atom. The zero-order chi connectivity index (χ0) is 17.1. The number of carbonyl (C=O) groups excluding carboxylic acids is 1. The molecular formula is C17H19FN2O4. The van der Waals surface area contributed by atoms with E-state index in [1.807, 2.05) is 0 Å². The van der Waals surface area contributed by atoms with Crippen molar-refractivity contribution in [1.82, 2.24) is 9.78 Å². The summed E-state index contributed by atoms with van der Waals surface area (Å²) in [7, 11) is 1.62. The van der Waals surface area contributed by atoms with Gasteiger partial charge in [0.2, 0.25) is 5.88 Å². The second-order valence-electron chi connectivity index (χ2n) is 5.54. The molecule has 0 amide bonds. The first-order valence-corrected chi connectivity index (χ1v) is 7.80. The summed E-state index contributed by atoms with van der Waals surface area (Å²) in [6.07, 6.45) is 0. The number of rotatable bonds is 5. The van der Waals surface area contributed by atoms with Crippen LogP contribution in [0.2, 0.25) is 0 Å². The Bertz CT molecular complexity index is 744. The van der Waals surface area contributed by atoms with Gasteiger partial charge >= 0.3 is 5.97 Å². The Morgan fingerprint density at radius 2 is 2.25 bits per heavy atom. The second-order valence-corrected chi connectivity index (χ2v) is 5.54. The lowest BCUT2D eigenvalue weighted by molar-refractivity contribution is 0.0506. The minimum Gasteiger partial charge on any atom is -0.477 e. The standard InChI is InChI=1S/C17H19FN2O4/c1-3-23-17(21)14-15(12-6-4-5-7-13(12)18)19-20-8-11(9-22-2)10-24-16(14)20/h4-7,11H,3,8-10H2,1-2H3. The Morgan fingerprint density at radius 1 is 1.46 bits per heavy atom. The minimum atomic E-state index is -0.567. The Hall–Kier alpha value is -2.41. The third-order valence-electron chi connectivity index (χ3n) is 3.80. The number of hydrogen-bond donors (Lipinski definition) is 0. The van der Waals surface area contributed by atoms with Crippen LogP contribution in [0.3, 0.4) is 0 Å². The number of halogens is 1. The maximum absolute atomic E-state index is 14.2. The molecule has 3 rings (SSSR count). The quantitative estimate of drug-likeness (QED) is 0.786. The number of methoxy groups -OCH3 is 1. The van der Waals surface area contributed by atoms with Gasteiger partial charge in [0.15, 0.2) is 0 Å². The SMILES string of the molecule is CCOC(=O)c1c(-c2ccccc2F)nn2c1OCC(COC)C2. The van der Waals surface area contributed by atoms with E-state index >= 15 is 0 Å². The highest BCUT2D eigenvalue weighted by Gasteiger charge is 2.32. The van der Waals surface area contributed by atoms with E-state index in [1.54, 1.807) is 36.9 Å². The van der Waals surface area contributed by atoms with Crippen LogP contribution >= 0.6 is 0 Å². The van der Waals surface area contributed by atoms with Crippen LogP contribution in [0.4, 0.5) is 4.39 Å². The van der Waals surface area contributed by atoms with Gasteiger partial charge in [-0.2, -0.15) is 5.10 Å². The van der Waals surface area contributed by atoms with Gasteiger partial charge in [-0.25, -0.2) is 13.9 Å². The highest BCUT2D eigenvalue weighted by atomic mass is 19.1. The van der Waals surface area contributed by atoms with Crippen LogP contribution in [0.25, 0.3) is 11.3 Å². The monoisotopic (exact) mass is 334 g/mol. The van der Waals surface area contributed by atoms with Gasteiger partial charge in [-0.1, -0.05) is 12.1 Å². The molecule has 1 atom stereocenters. The fourth-order valence-corrected chi connectivity index (χ4v) is 2.78. The molecule has 0 radical (unpaired) electrons. The summed E-state index contributed by atoms with van der Waals surface area (Å²) in [5, 5.41) is 4.41. The molecule has 24 heavy (non-hydrogen) atoms. The normalized spacial score (nSPS) is 16.4. The lowest BCUT2D eigenvalue weighted by Gasteiger charge is -2.23. The van der Waals surface area contributed by atoms with E-state index in [1.165, 1.54) is 6.07 Å². The summed E-state index contributed by atoms with van der Waals surface area (Å²) in [5.74, 6) is -0.584. The number of esters is 1. The molecule has 0 N–H and O–H groups in total. The molecule has 1 aliphatic rings. The van der Waals surface area contributed by atoms with Crippen molar-refractivity contribution in [2.45, 2.75) is 13.5 Å². The van der Waals surface area contributed by atoms with E-state index in [9.17, 15) is 9.18 Å². The molecule has 1 aromatic heterocycles. The van der Waals surface area contributed by atoms with Crippen molar-refractivity contribution in [3.8, 4) is 17.1 Å². The highest BCUT2D eigenvalue weighted by Crippen LogP contribution is 2.35. The van der Waals surface area contributed by atoms with Crippen molar-refractivity contribution in [3.05, 3.63) is 35.6 Å². The van der Waals surface area contributed by atoms with Gasteiger partial charge in [-0.15, -0.1) is 0 Å². The summed E-state index contributed by atoms with van der Waals surface area (Å²) in [6, 6.07) is 6.19. The number of hydrogen-bond acceptors (Lipinski definition) is 5. The summed E-state index contributed by atoms with van der Waals surface area (Å²) in [6.45, 7) is 3.38. The number of benzene rings is 1. The second kappa shape index (κ2) is 7.00. The lowest BCUT2D eigenvalue weighted by Crippen LogP contribution is -2.29. The molecule has 2 heterocycles. The number of carbonyl (C=O) groups is 1. The Labute approximate surface area is 139 Å². The molecule has 7 heteroatoms. The van der Waals surface area contributed by atoms with Gasteiger partial charge in [-0.3, -0.25) is 0 Å². The molecule has 0 saturated heterocycles. The number of ether oxygens (including phenoxy) is 3. The number of aromatic nitrogens is 2. The third-order valence-corrected chi connectivity index (χ3v) is 3.80. The molecule has 1 aromatic carbocycles. The number of fused-ring (bicyclic) bond motifs is 1. The molecule has 0 aliphatic carbocycles. The number of nitrogens with zero attached hydrogens (tertiary/aromatic N) is 2. The van der Waals surface area contributed by atoms with Gasteiger partial charge in [0.05, 0.1) is 26.4 Å². The van der Waals surface area contributed by atoms with Gasteiger partial charge in [0.25, 0.3) is 0 Å². The summed E-state index contributed by atoms with van der Waals surface area (Å²) >= 11 is 0. The van der Waals surface area contributed by atoms with Crippen LogP contribution in [0.15, 0.2) is 24.3 Å². The molecule has 128 valence electrons. The van der Waals surface area contributed by atoms with Crippen molar-refractivity contribution >= 4 is 5.97 Å². The van der Waals surface area contributed by atoms with Crippen molar-refractivity contribution < 1.29 is 23.4 Å². The Kier molecular flexibility index (Phi) is 4.80. The van der Waals surface area contributed by atoms with Crippen LogP contribution in [0, 0.1) is 11.7 Å². The Balaban J connectivity index is 2.08. The maximum Gasteiger partial charge on any atom is 0.345 e. The fraction of sp³-hybridized carbons (Fsp3) is 0.412. The first-order valence-electron chi connectivity index (χ1n) is 7.80. The van der Waals surface area contributed by atoms with Crippen LogP contribution in [0.5, 0.6) is 5.88 Å². The highest BCUT2D eigenvalue weighted by molar-refractivity contribution is 5.98. The zero-order valence-corrected chi connectivity index (χ0v) is 13.6. The molecule has 0 bridgehead atoms. The lowest BCUT2D eigenvalue weighted by atomic mass is 10.1. The molecule has 0 saturated carbocycles. The van der Waals surface area contributed by atoms with E-state index in [4.69, 9.17) is 14.2 Å². The predicted molar refractivity (Wildman–Crippen MR) is 84.4 cm³/mol. The van der Waals surface area contributed by atoms with Gasteiger partial charge in [0, 0.05) is 18.6 Å². The van der Waals surface area contributed by atoms with Crippen LogP contribution in [-0.2, 0) is 16.0 Å². The molecular weight excluding hydrogens is 315 g/mol. The van der Waals surface area contributed by atoms with Crippen LogP contribution < -0.4 is 4.74 Å². The predicted octanol–water partition coefficient (Wildman–Crippen LogP) is 2.52. The van der Waals surface area contributed by atoms with E-state index in [0.717, 1.165) is 0 Å². The van der Waals surface area contributed by atoms with Crippen molar-refractivity contribution in [3.63, 3.8) is 0 Å². The average Bonchev–Trinajstić information content (AvgIpc) is 2.94. The van der Waals surface area contributed by atoms with E-state index in [-0.39, 0.29) is 29.3 Å². The van der Waals surface area contributed by atoms with Crippen LogP contribution in [0.1, 0.15) is 17.3 Å². The molecule has 1 aliphatic heterocycles. The smallest absolute Gasteiger partial charge is 0.345 e. The molecule has 2 aromatic rings. The topological polar surface area (TPSA) is 62.6 Å². The van der Waals surface area contributed by atoms with Crippen LogP contribution in [-0.4, -0.2) is 42.7 Å². The average molecular weight is 334 g/mol. The largest absolute Gasteiger partial charge is 0.477 e. The van der Waals surface area contributed by atoms with Crippen molar-refractivity contribution in [1.29, 1.82) is 0 Å². The molecule has 0 fully saturated rings.